The van der Waals surface area contributed by atoms with Gasteiger partial charge in [-0.15, -0.1) is 0 Å². The van der Waals surface area contributed by atoms with E-state index in [0.717, 1.165) is 6.42 Å². The zero-order valence-corrected chi connectivity index (χ0v) is 17.9. The minimum atomic E-state index is -2.27. The normalized spacial score (nSPS) is 14.4. The van der Waals surface area contributed by atoms with Gasteiger partial charge in [-0.2, -0.15) is 0 Å². The van der Waals surface area contributed by atoms with E-state index in [2.05, 4.69) is 0 Å². The Morgan fingerprint density at radius 3 is 1.88 bits per heavy atom. The maximum atomic E-state index is 13.0. The lowest BCUT2D eigenvalue weighted by molar-refractivity contribution is -0.302. The monoisotopic (exact) mass is 440 g/mol. The quantitative estimate of drug-likeness (QED) is 0.442. The molecule has 0 spiro atoms. The number of benzene rings is 2. The summed E-state index contributed by atoms with van der Waals surface area (Å²) < 4.78 is 21.4. The predicted octanol–water partition coefficient (Wildman–Crippen LogP) is 4.28. The summed E-state index contributed by atoms with van der Waals surface area (Å²) in [4.78, 5) is 50.8. The summed E-state index contributed by atoms with van der Waals surface area (Å²) in [6, 6.07) is 11.9. The number of hydrogen-bond donors (Lipinski definition) is 0. The predicted molar refractivity (Wildman–Crippen MR) is 112 cm³/mol. The number of carbonyl (C=O) groups excluding carboxylic acids is 4. The summed E-state index contributed by atoms with van der Waals surface area (Å²) in [5.74, 6) is -5.66. The van der Waals surface area contributed by atoms with E-state index in [4.69, 9.17) is 18.9 Å². The Hall–Kier alpha value is -3.68. The van der Waals surface area contributed by atoms with Gasteiger partial charge < -0.3 is 18.9 Å². The number of carbonyl (C=O) groups is 4. The minimum Gasteiger partial charge on any atom is -0.462 e. The van der Waals surface area contributed by atoms with E-state index in [-0.39, 0.29) is 35.3 Å². The van der Waals surface area contributed by atoms with Gasteiger partial charge in [0.2, 0.25) is 0 Å². The van der Waals surface area contributed by atoms with Gasteiger partial charge in [0.25, 0.3) is 0 Å². The standard InChI is InChI=1S/C24H24O8/c1-3-5-15-29-20(25)16-10-6-7-11-17(16)21(26)30-24(14-4-2)31-22(27)18-12-8-9-13-19(18)23(28)32-24/h6-13H,3-5,14-15H2,1-2H3. The van der Waals surface area contributed by atoms with Crippen LogP contribution < -0.4 is 0 Å². The molecule has 8 nitrogen and oxygen atoms in total. The van der Waals surface area contributed by atoms with Crippen LogP contribution in [0, 0.1) is 0 Å². The maximum absolute atomic E-state index is 13.0. The van der Waals surface area contributed by atoms with Gasteiger partial charge in [-0.3, -0.25) is 0 Å². The Labute approximate surface area is 185 Å². The molecular weight excluding hydrogens is 416 g/mol. The van der Waals surface area contributed by atoms with Crippen molar-refractivity contribution >= 4 is 23.9 Å². The molecule has 3 rings (SSSR count). The van der Waals surface area contributed by atoms with Gasteiger partial charge in [0.15, 0.2) is 0 Å². The van der Waals surface area contributed by atoms with Gasteiger partial charge in [0.05, 0.1) is 35.3 Å². The van der Waals surface area contributed by atoms with E-state index in [0.29, 0.717) is 12.8 Å². The molecule has 168 valence electrons. The second-order valence-corrected chi connectivity index (χ2v) is 7.18. The molecule has 0 aromatic heterocycles. The van der Waals surface area contributed by atoms with Crippen LogP contribution in [0.3, 0.4) is 0 Å². The lowest BCUT2D eigenvalue weighted by atomic mass is 10.1. The van der Waals surface area contributed by atoms with Gasteiger partial charge in [-0.1, -0.05) is 44.5 Å². The molecule has 2 aromatic rings. The van der Waals surface area contributed by atoms with Crippen molar-refractivity contribution < 1.29 is 38.1 Å². The van der Waals surface area contributed by atoms with Crippen LogP contribution in [0.4, 0.5) is 0 Å². The van der Waals surface area contributed by atoms with Crippen molar-refractivity contribution in [3.05, 3.63) is 70.8 Å². The molecule has 0 atom stereocenters. The van der Waals surface area contributed by atoms with Crippen LogP contribution in [-0.2, 0) is 18.9 Å². The fourth-order valence-corrected chi connectivity index (χ4v) is 3.18. The van der Waals surface area contributed by atoms with E-state index in [1.54, 1.807) is 31.2 Å². The van der Waals surface area contributed by atoms with Crippen molar-refractivity contribution in [2.75, 3.05) is 6.61 Å². The topological polar surface area (TPSA) is 105 Å². The summed E-state index contributed by atoms with van der Waals surface area (Å²) in [6.07, 6.45) is 1.80. The Kier molecular flexibility index (Phi) is 7.25. The number of fused-ring (bicyclic) bond motifs is 1. The Morgan fingerprint density at radius 1 is 0.812 bits per heavy atom. The number of cyclic esters (lactones) is 2. The first kappa shape index (κ1) is 23.0. The van der Waals surface area contributed by atoms with Gasteiger partial charge in [0.1, 0.15) is 0 Å². The molecule has 0 N–H and O–H groups in total. The molecule has 1 aliphatic rings. The molecule has 0 saturated carbocycles. The average Bonchev–Trinajstić information content (AvgIpc) is 2.88. The van der Waals surface area contributed by atoms with E-state index in [1.165, 1.54) is 24.3 Å². The van der Waals surface area contributed by atoms with Crippen LogP contribution in [0.2, 0.25) is 0 Å². The molecule has 1 heterocycles. The lowest BCUT2D eigenvalue weighted by Gasteiger charge is -2.29. The molecular formula is C24H24O8. The first-order valence-electron chi connectivity index (χ1n) is 10.5. The highest BCUT2D eigenvalue weighted by Gasteiger charge is 2.47. The Bertz CT molecular complexity index is 989. The average molecular weight is 440 g/mol. The van der Waals surface area contributed by atoms with Crippen LogP contribution in [0.15, 0.2) is 48.5 Å². The second-order valence-electron chi connectivity index (χ2n) is 7.18. The number of esters is 4. The molecule has 1 aliphatic heterocycles. The zero-order chi connectivity index (χ0) is 23.1. The molecule has 0 radical (unpaired) electrons. The largest absolute Gasteiger partial charge is 0.462 e. The molecule has 0 aliphatic carbocycles. The first-order valence-corrected chi connectivity index (χ1v) is 10.5. The van der Waals surface area contributed by atoms with Gasteiger partial charge in [-0.05, 0) is 37.1 Å². The van der Waals surface area contributed by atoms with Crippen molar-refractivity contribution in [3.63, 3.8) is 0 Å². The van der Waals surface area contributed by atoms with E-state index >= 15 is 0 Å². The first-order chi connectivity index (χ1) is 15.4. The summed E-state index contributed by atoms with van der Waals surface area (Å²) in [6.45, 7) is 3.92. The van der Waals surface area contributed by atoms with Gasteiger partial charge >= 0.3 is 29.9 Å². The van der Waals surface area contributed by atoms with Crippen molar-refractivity contribution in [1.29, 1.82) is 0 Å². The second kappa shape index (κ2) is 10.1. The molecule has 2 aromatic carbocycles. The Balaban J connectivity index is 1.89. The fraction of sp³-hybridized carbons (Fsp3) is 0.333. The van der Waals surface area contributed by atoms with E-state index < -0.39 is 29.9 Å². The van der Waals surface area contributed by atoms with Gasteiger partial charge in [0, 0.05) is 0 Å². The van der Waals surface area contributed by atoms with Crippen LogP contribution in [0.25, 0.3) is 0 Å². The van der Waals surface area contributed by atoms with E-state index in [1.807, 2.05) is 6.92 Å². The third-order valence-corrected chi connectivity index (χ3v) is 4.77. The molecule has 0 saturated heterocycles. The van der Waals surface area contributed by atoms with Crippen molar-refractivity contribution in [2.24, 2.45) is 0 Å². The van der Waals surface area contributed by atoms with Gasteiger partial charge in [-0.25, -0.2) is 19.2 Å². The number of unbranched alkanes of at least 4 members (excludes halogenated alkanes) is 1. The molecule has 8 heteroatoms. The van der Waals surface area contributed by atoms with Crippen molar-refractivity contribution in [1.82, 2.24) is 0 Å². The third kappa shape index (κ3) is 4.96. The lowest BCUT2D eigenvalue weighted by Crippen LogP contribution is -2.43. The van der Waals surface area contributed by atoms with Crippen LogP contribution in [-0.4, -0.2) is 36.5 Å². The zero-order valence-electron chi connectivity index (χ0n) is 17.9. The molecule has 32 heavy (non-hydrogen) atoms. The SMILES string of the molecule is CCCCOC(=O)c1ccccc1C(=O)OC1(CCC)OC(=O)c2ccccc2C(=O)O1. The van der Waals surface area contributed by atoms with Crippen LogP contribution in [0.5, 0.6) is 0 Å². The van der Waals surface area contributed by atoms with E-state index in [9.17, 15) is 19.2 Å². The maximum Gasteiger partial charge on any atom is 0.424 e. The fourth-order valence-electron chi connectivity index (χ4n) is 3.18. The van der Waals surface area contributed by atoms with Crippen molar-refractivity contribution in [3.8, 4) is 0 Å². The molecule has 0 bridgehead atoms. The number of hydrogen-bond acceptors (Lipinski definition) is 8. The Morgan fingerprint density at radius 2 is 1.34 bits per heavy atom. The van der Waals surface area contributed by atoms with Crippen LogP contribution >= 0.6 is 0 Å². The smallest absolute Gasteiger partial charge is 0.424 e. The van der Waals surface area contributed by atoms with Crippen LogP contribution in [0.1, 0.15) is 81.0 Å². The summed E-state index contributed by atoms with van der Waals surface area (Å²) >= 11 is 0. The number of rotatable bonds is 8. The minimum absolute atomic E-state index is 0.00480. The summed E-state index contributed by atoms with van der Waals surface area (Å²) in [5.41, 5.74) is -0.0917. The molecule has 0 fully saturated rings. The highest BCUT2D eigenvalue weighted by atomic mass is 16.9. The molecule has 0 amide bonds. The highest BCUT2D eigenvalue weighted by molar-refractivity contribution is 6.05. The number of ether oxygens (including phenoxy) is 4. The van der Waals surface area contributed by atoms with Crippen molar-refractivity contribution in [2.45, 2.75) is 45.5 Å². The molecule has 0 unspecified atom stereocenters. The third-order valence-electron chi connectivity index (χ3n) is 4.77. The highest BCUT2D eigenvalue weighted by Crippen LogP contribution is 2.31. The summed E-state index contributed by atoms with van der Waals surface area (Å²) in [7, 11) is 0. The summed E-state index contributed by atoms with van der Waals surface area (Å²) in [5, 5.41) is 0.